The number of pyridine rings is 1. The van der Waals surface area contributed by atoms with Crippen LogP contribution < -0.4 is 4.90 Å². The molecule has 1 unspecified atom stereocenters. The first kappa shape index (κ1) is 18.6. The Morgan fingerprint density at radius 1 is 0.857 bits per heavy atom. The molecule has 0 N–H and O–H groups in total. The average Bonchev–Trinajstić information content (AvgIpc) is 2.74. The maximum Gasteiger partial charge on any atom is 0.163 e. The summed E-state index contributed by atoms with van der Waals surface area (Å²) in [7, 11) is 0. The molecule has 5 nitrogen and oxygen atoms in total. The zero-order valence-corrected chi connectivity index (χ0v) is 16.8. The average molecular weight is 374 g/mol. The third kappa shape index (κ3) is 4.04. The van der Waals surface area contributed by atoms with Crippen LogP contribution in [0.1, 0.15) is 29.9 Å². The van der Waals surface area contributed by atoms with E-state index in [4.69, 9.17) is 4.98 Å². The third-order valence-corrected chi connectivity index (χ3v) is 5.48. The molecule has 1 aliphatic rings. The van der Waals surface area contributed by atoms with Crippen LogP contribution in [0.3, 0.4) is 0 Å². The highest BCUT2D eigenvalue weighted by atomic mass is 15.3. The summed E-state index contributed by atoms with van der Waals surface area (Å²) in [6, 6.07) is 17.3. The van der Waals surface area contributed by atoms with E-state index in [0.717, 1.165) is 54.8 Å². The molecule has 5 heteroatoms. The van der Waals surface area contributed by atoms with E-state index in [1.807, 2.05) is 32.2 Å². The molecule has 3 heterocycles. The zero-order chi connectivity index (χ0) is 19.5. The van der Waals surface area contributed by atoms with Crippen LogP contribution in [0.2, 0.25) is 0 Å². The van der Waals surface area contributed by atoms with Crippen LogP contribution in [-0.2, 0) is 0 Å². The van der Waals surface area contributed by atoms with E-state index in [2.05, 4.69) is 63.1 Å². The van der Waals surface area contributed by atoms with Crippen molar-refractivity contribution in [3.05, 3.63) is 71.7 Å². The number of piperazine rings is 1. The number of aromatic nitrogens is 3. The smallest absolute Gasteiger partial charge is 0.163 e. The second-order valence-corrected chi connectivity index (χ2v) is 7.49. The lowest BCUT2D eigenvalue weighted by molar-refractivity contribution is 0.198. The molecule has 4 rings (SSSR count). The molecule has 0 aliphatic carbocycles. The fourth-order valence-corrected chi connectivity index (χ4v) is 3.72. The highest BCUT2D eigenvalue weighted by molar-refractivity contribution is 5.57. The number of anilines is 1. The molecule has 144 valence electrons. The van der Waals surface area contributed by atoms with E-state index in [-0.39, 0.29) is 0 Å². The molecule has 1 aromatic carbocycles. The van der Waals surface area contributed by atoms with Gasteiger partial charge in [-0.2, -0.15) is 0 Å². The maximum absolute atomic E-state index is 4.84. The molecule has 0 saturated carbocycles. The van der Waals surface area contributed by atoms with Crippen LogP contribution >= 0.6 is 0 Å². The lowest BCUT2D eigenvalue weighted by Crippen LogP contribution is -2.47. The minimum absolute atomic E-state index is 0.435. The molecule has 3 aromatic rings. The fraction of sp³-hybridized carbons (Fsp3) is 0.348. The number of hydrogen-bond donors (Lipinski definition) is 0. The summed E-state index contributed by atoms with van der Waals surface area (Å²) in [5.74, 6) is 1.76. The van der Waals surface area contributed by atoms with E-state index in [1.165, 1.54) is 5.56 Å². The second kappa shape index (κ2) is 8.07. The standard InChI is InChI=1S/C23H27N5/c1-17-9-10-21(16-24-17)23-25-18(2)15-22(26-23)28-13-11-27(12-14-28)19(3)20-7-5-4-6-8-20/h4-10,15-16,19H,11-14H2,1-3H3. The van der Waals surface area contributed by atoms with Crippen molar-refractivity contribution in [3.63, 3.8) is 0 Å². The molecule has 0 bridgehead atoms. The molecule has 1 atom stereocenters. The van der Waals surface area contributed by atoms with Crippen LogP contribution in [0, 0.1) is 13.8 Å². The number of nitrogens with zero attached hydrogens (tertiary/aromatic N) is 5. The first-order valence-corrected chi connectivity index (χ1v) is 9.93. The van der Waals surface area contributed by atoms with Gasteiger partial charge in [0.05, 0.1) is 0 Å². The molecular weight excluding hydrogens is 346 g/mol. The van der Waals surface area contributed by atoms with Crippen LogP contribution in [0.4, 0.5) is 5.82 Å². The van der Waals surface area contributed by atoms with Crippen molar-refractivity contribution in [3.8, 4) is 11.4 Å². The molecule has 1 fully saturated rings. The van der Waals surface area contributed by atoms with Crippen molar-refractivity contribution in [2.24, 2.45) is 0 Å². The van der Waals surface area contributed by atoms with Crippen LogP contribution in [-0.4, -0.2) is 46.0 Å². The van der Waals surface area contributed by atoms with Crippen LogP contribution in [0.15, 0.2) is 54.7 Å². The van der Waals surface area contributed by atoms with Crippen molar-refractivity contribution >= 4 is 5.82 Å². The summed E-state index contributed by atoms with van der Waals surface area (Å²) >= 11 is 0. The van der Waals surface area contributed by atoms with Gasteiger partial charge in [-0.25, -0.2) is 9.97 Å². The quantitative estimate of drug-likeness (QED) is 0.691. The summed E-state index contributed by atoms with van der Waals surface area (Å²) in [5, 5.41) is 0. The predicted molar refractivity (Wildman–Crippen MR) is 113 cm³/mol. The van der Waals surface area contributed by atoms with Gasteiger partial charge in [0.25, 0.3) is 0 Å². The van der Waals surface area contributed by atoms with Crippen molar-refractivity contribution < 1.29 is 0 Å². The molecule has 0 spiro atoms. The summed E-state index contributed by atoms with van der Waals surface area (Å²) in [4.78, 5) is 18.8. The van der Waals surface area contributed by atoms with E-state index < -0.39 is 0 Å². The van der Waals surface area contributed by atoms with Crippen molar-refractivity contribution in [2.45, 2.75) is 26.8 Å². The van der Waals surface area contributed by atoms with Crippen LogP contribution in [0.25, 0.3) is 11.4 Å². The summed E-state index contributed by atoms with van der Waals surface area (Å²) < 4.78 is 0. The van der Waals surface area contributed by atoms with Crippen molar-refractivity contribution in [1.82, 2.24) is 19.9 Å². The Morgan fingerprint density at radius 3 is 2.29 bits per heavy atom. The van der Waals surface area contributed by atoms with E-state index >= 15 is 0 Å². The topological polar surface area (TPSA) is 45.2 Å². The van der Waals surface area contributed by atoms with Gasteiger partial charge in [-0.15, -0.1) is 0 Å². The summed E-state index contributed by atoms with van der Waals surface area (Å²) in [6.07, 6.45) is 1.85. The SMILES string of the molecule is Cc1ccc(-c2nc(C)cc(N3CCN(C(C)c4ccccc4)CC3)n2)cn1. The van der Waals surface area contributed by atoms with Crippen molar-refractivity contribution in [1.29, 1.82) is 0 Å². The Morgan fingerprint density at radius 2 is 1.61 bits per heavy atom. The largest absolute Gasteiger partial charge is 0.354 e. The number of hydrogen-bond acceptors (Lipinski definition) is 5. The highest BCUT2D eigenvalue weighted by Crippen LogP contribution is 2.24. The molecule has 0 amide bonds. The third-order valence-electron chi connectivity index (χ3n) is 5.48. The Labute approximate surface area is 167 Å². The molecule has 28 heavy (non-hydrogen) atoms. The normalized spacial score (nSPS) is 16.2. The minimum atomic E-state index is 0.435. The van der Waals surface area contributed by atoms with Gasteiger partial charge in [-0.3, -0.25) is 9.88 Å². The van der Waals surface area contributed by atoms with Gasteiger partial charge < -0.3 is 4.90 Å². The Balaban J connectivity index is 1.48. The van der Waals surface area contributed by atoms with Gasteiger partial charge in [0.15, 0.2) is 5.82 Å². The lowest BCUT2D eigenvalue weighted by atomic mass is 10.1. The fourth-order valence-electron chi connectivity index (χ4n) is 3.72. The lowest BCUT2D eigenvalue weighted by Gasteiger charge is -2.38. The summed E-state index contributed by atoms with van der Waals surface area (Å²) in [5.41, 5.74) is 4.33. The van der Waals surface area contributed by atoms with Gasteiger partial charge in [0.1, 0.15) is 5.82 Å². The Kier molecular flexibility index (Phi) is 5.35. The molecule has 2 aromatic heterocycles. The second-order valence-electron chi connectivity index (χ2n) is 7.49. The molecular formula is C23H27N5. The van der Waals surface area contributed by atoms with Gasteiger partial charge in [0.2, 0.25) is 0 Å². The van der Waals surface area contributed by atoms with Gasteiger partial charge >= 0.3 is 0 Å². The zero-order valence-electron chi connectivity index (χ0n) is 16.8. The molecule has 1 saturated heterocycles. The first-order chi connectivity index (χ1) is 13.6. The van der Waals surface area contributed by atoms with E-state index in [9.17, 15) is 0 Å². The van der Waals surface area contributed by atoms with Crippen molar-refractivity contribution in [2.75, 3.05) is 31.1 Å². The monoisotopic (exact) mass is 373 g/mol. The number of benzene rings is 1. The van der Waals surface area contributed by atoms with Gasteiger partial charge in [-0.05, 0) is 38.5 Å². The Hall–Kier alpha value is -2.79. The molecule has 1 aliphatic heterocycles. The predicted octanol–water partition coefficient (Wildman–Crippen LogP) is 4.04. The number of aryl methyl sites for hydroxylation is 2. The molecule has 0 radical (unpaired) electrons. The number of rotatable bonds is 4. The van der Waals surface area contributed by atoms with Gasteiger partial charge in [0, 0.05) is 61.4 Å². The Bertz CT molecular complexity index is 915. The van der Waals surface area contributed by atoms with E-state index in [1.54, 1.807) is 0 Å². The highest BCUT2D eigenvalue weighted by Gasteiger charge is 2.23. The minimum Gasteiger partial charge on any atom is -0.354 e. The van der Waals surface area contributed by atoms with Crippen LogP contribution in [0.5, 0.6) is 0 Å². The van der Waals surface area contributed by atoms with Gasteiger partial charge in [-0.1, -0.05) is 30.3 Å². The summed E-state index contributed by atoms with van der Waals surface area (Å²) in [6.45, 7) is 10.3. The van der Waals surface area contributed by atoms with E-state index in [0.29, 0.717) is 6.04 Å². The maximum atomic E-state index is 4.84. The first-order valence-electron chi connectivity index (χ1n) is 9.93.